The van der Waals surface area contributed by atoms with E-state index in [9.17, 15) is 9.59 Å². The number of fused-ring (bicyclic) bond motifs is 3. The van der Waals surface area contributed by atoms with Gasteiger partial charge in [-0.1, -0.05) is 18.2 Å². The quantitative estimate of drug-likeness (QED) is 0.617. The number of rotatable bonds is 2. The van der Waals surface area contributed by atoms with Crippen LogP contribution in [0.25, 0.3) is 0 Å². The second-order valence-corrected chi connectivity index (χ2v) is 6.24. The van der Waals surface area contributed by atoms with Crippen molar-refractivity contribution in [3.05, 3.63) is 29.8 Å². The van der Waals surface area contributed by atoms with E-state index in [-0.39, 0.29) is 22.8 Å². The van der Waals surface area contributed by atoms with Gasteiger partial charge in [0.05, 0.1) is 17.3 Å². The first-order chi connectivity index (χ1) is 9.48. The Bertz CT molecular complexity index is 699. The molecule has 0 aliphatic carbocycles. The summed E-state index contributed by atoms with van der Waals surface area (Å²) >= 11 is 0. The molecule has 3 rings (SSSR count). The third-order valence-electron chi connectivity index (χ3n) is 3.61. The molecule has 104 valence electrons. The Morgan fingerprint density at radius 3 is 2.75 bits per heavy atom. The fourth-order valence-corrected chi connectivity index (χ4v) is 3.80. The highest BCUT2D eigenvalue weighted by Gasteiger charge is 2.48. The summed E-state index contributed by atoms with van der Waals surface area (Å²) in [6.45, 7) is 6.13. The van der Waals surface area contributed by atoms with E-state index < -0.39 is 5.97 Å². The van der Waals surface area contributed by atoms with E-state index in [4.69, 9.17) is 4.74 Å². The Hall–Kier alpha value is -1.88. The van der Waals surface area contributed by atoms with Crippen LogP contribution >= 0.6 is 10.9 Å². The molecule has 1 aromatic rings. The summed E-state index contributed by atoms with van der Waals surface area (Å²) < 4.78 is 4.96. The van der Waals surface area contributed by atoms with Gasteiger partial charge in [0.15, 0.2) is 4.86 Å². The first-order valence-corrected chi connectivity index (χ1v) is 7.33. The van der Waals surface area contributed by atoms with Crippen LogP contribution in [0.15, 0.2) is 24.3 Å². The molecule has 1 aromatic carbocycles. The fraction of sp³-hybridized carbons (Fsp3) is 0.333. The van der Waals surface area contributed by atoms with Crippen LogP contribution in [-0.2, 0) is 19.7 Å². The van der Waals surface area contributed by atoms with Crippen molar-refractivity contribution in [1.82, 2.24) is 0 Å². The second kappa shape index (κ2) is 4.31. The normalized spacial score (nSPS) is 18.8. The van der Waals surface area contributed by atoms with Crippen molar-refractivity contribution in [2.45, 2.75) is 26.2 Å². The first kappa shape index (κ1) is 13.1. The lowest BCUT2D eigenvalue weighted by Crippen LogP contribution is -2.40. The Morgan fingerprint density at radius 1 is 1.35 bits per heavy atom. The summed E-state index contributed by atoms with van der Waals surface area (Å²) in [5, 5.41) is 0. The maximum Gasteiger partial charge on any atom is 0.354 e. The number of para-hydroxylation sites is 1. The summed E-state index contributed by atoms with van der Waals surface area (Å²) in [6, 6.07) is 7.81. The van der Waals surface area contributed by atoms with Crippen LogP contribution in [0.2, 0.25) is 0 Å². The van der Waals surface area contributed by atoms with Gasteiger partial charge in [-0.25, -0.2) is 4.79 Å². The van der Waals surface area contributed by atoms with Crippen LogP contribution in [0.1, 0.15) is 26.3 Å². The number of carbonyl (C=O) groups excluding carboxylic acids is 2. The lowest BCUT2D eigenvalue weighted by molar-refractivity contribution is -0.135. The number of ether oxygens (including phenoxy) is 1. The van der Waals surface area contributed by atoms with Gasteiger partial charge in [0.25, 0.3) is 5.91 Å². The predicted octanol–water partition coefficient (Wildman–Crippen LogP) is 1.92. The zero-order valence-electron chi connectivity index (χ0n) is 11.6. The van der Waals surface area contributed by atoms with Crippen LogP contribution in [0, 0.1) is 0 Å². The number of esters is 1. The monoisotopic (exact) mass is 289 g/mol. The van der Waals surface area contributed by atoms with Crippen LogP contribution in [0.5, 0.6) is 0 Å². The molecular weight excluding hydrogens is 274 g/mol. The van der Waals surface area contributed by atoms with Gasteiger partial charge < -0.3 is 4.74 Å². The van der Waals surface area contributed by atoms with Crippen molar-refractivity contribution < 1.29 is 14.3 Å². The van der Waals surface area contributed by atoms with Gasteiger partial charge in [0.2, 0.25) is 0 Å². The Morgan fingerprint density at radius 2 is 2.05 bits per heavy atom. The van der Waals surface area contributed by atoms with Crippen molar-refractivity contribution in [3.8, 4) is 0 Å². The maximum absolute atomic E-state index is 12.5. The lowest BCUT2D eigenvalue weighted by Gasteiger charge is -2.19. The number of nitrogens with zero attached hydrogens (tertiary/aromatic N) is 1. The van der Waals surface area contributed by atoms with E-state index in [2.05, 4.69) is 13.8 Å². The van der Waals surface area contributed by atoms with Crippen LogP contribution in [0.3, 0.4) is 0 Å². The van der Waals surface area contributed by atoms with Crippen molar-refractivity contribution >= 4 is 38.4 Å². The SMILES string of the molecule is CCOC(=O)C1=S=C2N(C1=O)c1ccccc1C2(C)C. The zero-order valence-corrected chi connectivity index (χ0v) is 12.4. The van der Waals surface area contributed by atoms with Crippen molar-refractivity contribution in [3.63, 3.8) is 0 Å². The minimum atomic E-state index is -0.530. The number of carbonyl (C=O) groups is 2. The van der Waals surface area contributed by atoms with Crippen molar-refractivity contribution in [2.24, 2.45) is 0 Å². The van der Waals surface area contributed by atoms with Gasteiger partial charge in [-0.3, -0.25) is 9.69 Å². The molecule has 0 radical (unpaired) electrons. The molecule has 2 aliphatic heterocycles. The van der Waals surface area contributed by atoms with Gasteiger partial charge in [0.1, 0.15) is 0 Å². The second-order valence-electron chi connectivity index (χ2n) is 5.24. The molecule has 0 saturated heterocycles. The van der Waals surface area contributed by atoms with Gasteiger partial charge in [-0.05, 0) is 32.4 Å². The molecule has 20 heavy (non-hydrogen) atoms. The molecular formula is C15H15NO3S. The highest BCUT2D eigenvalue weighted by atomic mass is 32.1. The summed E-state index contributed by atoms with van der Waals surface area (Å²) in [4.78, 5) is 27.1. The highest BCUT2D eigenvalue weighted by Crippen LogP contribution is 2.44. The molecule has 0 fully saturated rings. The number of hydrogen-bond acceptors (Lipinski definition) is 3. The van der Waals surface area contributed by atoms with Gasteiger partial charge in [-0.2, -0.15) is 0 Å². The van der Waals surface area contributed by atoms with Crippen LogP contribution in [0.4, 0.5) is 5.69 Å². The smallest absolute Gasteiger partial charge is 0.354 e. The average Bonchev–Trinajstić information content (AvgIpc) is 2.87. The molecule has 5 heteroatoms. The Balaban J connectivity index is 2.16. The van der Waals surface area contributed by atoms with Gasteiger partial charge >= 0.3 is 5.97 Å². The van der Waals surface area contributed by atoms with E-state index in [1.807, 2.05) is 24.3 Å². The number of amides is 1. The summed E-state index contributed by atoms with van der Waals surface area (Å²) in [6.07, 6.45) is 0. The molecule has 0 bridgehead atoms. The summed E-state index contributed by atoms with van der Waals surface area (Å²) in [5.41, 5.74) is 1.70. The minimum absolute atomic E-state index is 0.157. The maximum atomic E-state index is 12.5. The summed E-state index contributed by atoms with van der Waals surface area (Å²) in [5.74, 6) is -0.806. The number of hydrogen-bond donors (Lipinski definition) is 0. The molecule has 0 unspecified atom stereocenters. The third kappa shape index (κ3) is 1.59. The minimum Gasteiger partial charge on any atom is -0.462 e. The lowest BCUT2D eigenvalue weighted by atomic mass is 9.87. The molecule has 0 saturated carbocycles. The predicted molar refractivity (Wildman–Crippen MR) is 81.2 cm³/mol. The molecule has 0 spiro atoms. The molecule has 0 aromatic heterocycles. The van der Waals surface area contributed by atoms with E-state index in [1.54, 1.807) is 11.8 Å². The number of benzene rings is 1. The highest BCUT2D eigenvalue weighted by molar-refractivity contribution is 8.02. The van der Waals surface area contributed by atoms with E-state index in [0.717, 1.165) is 16.2 Å². The molecule has 2 heterocycles. The fourth-order valence-electron chi connectivity index (χ4n) is 2.64. The first-order valence-electron chi connectivity index (χ1n) is 6.51. The zero-order chi connectivity index (χ0) is 14.5. The van der Waals surface area contributed by atoms with Crippen molar-refractivity contribution in [2.75, 3.05) is 11.5 Å². The van der Waals surface area contributed by atoms with Gasteiger partial charge in [-0.15, -0.1) is 10.9 Å². The Labute approximate surface area is 120 Å². The number of anilines is 1. The molecule has 0 atom stereocenters. The van der Waals surface area contributed by atoms with E-state index in [0.29, 0.717) is 0 Å². The Kier molecular flexibility index (Phi) is 2.83. The standard InChI is InChI=1S/C15H15NO3S/c1-4-19-13(18)11-12(17)16-10-8-6-5-7-9(10)15(2,3)14(16)20-11/h5-8H,4H2,1-3H3. The summed E-state index contributed by atoms with van der Waals surface area (Å²) in [7, 11) is 1.24. The van der Waals surface area contributed by atoms with Gasteiger partial charge in [0, 0.05) is 5.41 Å². The molecule has 4 nitrogen and oxygen atoms in total. The van der Waals surface area contributed by atoms with Crippen LogP contribution in [-0.4, -0.2) is 28.3 Å². The van der Waals surface area contributed by atoms with E-state index in [1.165, 1.54) is 10.9 Å². The van der Waals surface area contributed by atoms with Crippen molar-refractivity contribution in [1.29, 1.82) is 0 Å². The topological polar surface area (TPSA) is 46.6 Å². The van der Waals surface area contributed by atoms with E-state index >= 15 is 0 Å². The molecule has 0 N–H and O–H groups in total. The third-order valence-corrected chi connectivity index (χ3v) is 5.04. The average molecular weight is 289 g/mol. The van der Waals surface area contributed by atoms with Crippen LogP contribution < -0.4 is 4.90 Å². The molecule has 2 aliphatic rings. The molecule has 1 amide bonds. The largest absolute Gasteiger partial charge is 0.462 e.